The number of rotatable bonds is 6. The summed E-state index contributed by atoms with van der Waals surface area (Å²) in [4.78, 5) is 6.21. The lowest BCUT2D eigenvalue weighted by molar-refractivity contribution is 0.877. The van der Waals surface area contributed by atoms with Crippen LogP contribution in [0.4, 0.5) is 11.6 Å². The first-order valence-corrected chi connectivity index (χ1v) is 7.05. The highest BCUT2D eigenvalue weighted by Crippen LogP contribution is 2.23. The molecule has 1 heterocycles. The second-order valence-corrected chi connectivity index (χ2v) is 5.00. The summed E-state index contributed by atoms with van der Waals surface area (Å²) in [5, 5.41) is 4.10. The van der Waals surface area contributed by atoms with Crippen molar-refractivity contribution in [2.24, 2.45) is 0 Å². The predicted octanol–water partition coefficient (Wildman–Crippen LogP) is 3.56. The zero-order valence-electron chi connectivity index (χ0n) is 10.6. The topological polar surface area (TPSA) is 41.0 Å². The second-order valence-electron chi connectivity index (χ2n) is 3.99. The minimum atomic E-state index is 0.601. The third-order valence-electron chi connectivity index (χ3n) is 2.71. The predicted molar refractivity (Wildman–Crippen MR) is 82.1 cm³/mol. The van der Waals surface area contributed by atoms with E-state index < -0.39 is 0 Å². The number of halogens is 1. The minimum absolute atomic E-state index is 0.601. The summed E-state index contributed by atoms with van der Waals surface area (Å²) in [6, 6.07) is 5.81. The normalized spacial score (nSPS) is 10.2. The smallest absolute Gasteiger partial charge is 0.238 e. The molecule has 2 aromatic rings. The van der Waals surface area contributed by atoms with Crippen molar-refractivity contribution >= 4 is 34.8 Å². The van der Waals surface area contributed by atoms with Crippen LogP contribution in [0.25, 0.3) is 0 Å². The minimum Gasteiger partial charge on any atom is -0.367 e. The molecule has 0 atom stereocenters. The zero-order chi connectivity index (χ0) is 13.7. The fraction of sp³-hybridized carbons (Fsp3) is 0.231. The molecule has 0 saturated carbocycles. The van der Waals surface area contributed by atoms with Crippen molar-refractivity contribution in [3.63, 3.8) is 0 Å². The van der Waals surface area contributed by atoms with E-state index in [1.807, 2.05) is 36.1 Å². The third-order valence-corrected chi connectivity index (χ3v) is 3.59. The Bertz CT molecular complexity index is 542. The van der Waals surface area contributed by atoms with Gasteiger partial charge in [0.15, 0.2) is 0 Å². The van der Waals surface area contributed by atoms with Crippen LogP contribution in [0.5, 0.6) is 0 Å². The molecule has 0 spiro atoms. The first-order valence-electron chi connectivity index (χ1n) is 5.83. The molecule has 100 valence electrons. The Morgan fingerprint density at radius 3 is 3.05 bits per heavy atom. The lowest BCUT2D eigenvalue weighted by atomic mass is 10.2. The van der Waals surface area contributed by atoms with Crippen LogP contribution in [-0.2, 0) is 0 Å². The van der Waals surface area contributed by atoms with Crippen molar-refractivity contribution < 1.29 is 0 Å². The van der Waals surface area contributed by atoms with Gasteiger partial charge in [0, 0.05) is 17.3 Å². The number of benzene rings is 1. The van der Waals surface area contributed by atoms with E-state index in [-0.39, 0.29) is 0 Å². The fourth-order valence-corrected chi connectivity index (χ4v) is 2.28. The highest BCUT2D eigenvalue weighted by atomic mass is 35.5. The molecule has 19 heavy (non-hydrogen) atoms. The molecule has 1 aromatic heterocycles. The monoisotopic (exact) mass is 294 g/mol. The number of hydrogen-bond donors (Lipinski definition) is 1. The van der Waals surface area contributed by atoms with Crippen molar-refractivity contribution in [3.8, 4) is 0 Å². The molecule has 4 nitrogen and oxygen atoms in total. The van der Waals surface area contributed by atoms with Gasteiger partial charge in [-0.1, -0.05) is 23.7 Å². The van der Waals surface area contributed by atoms with Crippen LogP contribution in [0.1, 0.15) is 5.56 Å². The van der Waals surface area contributed by atoms with E-state index in [1.165, 1.54) is 11.5 Å². The van der Waals surface area contributed by atoms with E-state index in [9.17, 15) is 0 Å². The first-order chi connectivity index (χ1) is 9.22. The first kappa shape index (κ1) is 13.8. The van der Waals surface area contributed by atoms with E-state index >= 15 is 0 Å². The summed E-state index contributed by atoms with van der Waals surface area (Å²) >= 11 is 7.43. The van der Waals surface area contributed by atoms with Crippen LogP contribution < -0.4 is 10.2 Å². The molecule has 2 rings (SSSR count). The van der Waals surface area contributed by atoms with E-state index in [4.69, 9.17) is 11.6 Å². The maximum absolute atomic E-state index is 6.10. The van der Waals surface area contributed by atoms with Gasteiger partial charge in [-0.2, -0.15) is 4.37 Å². The Morgan fingerprint density at radius 1 is 1.53 bits per heavy atom. The van der Waals surface area contributed by atoms with E-state index in [0.29, 0.717) is 19.2 Å². The second kappa shape index (κ2) is 6.54. The average Bonchev–Trinajstić information content (AvgIpc) is 2.93. The van der Waals surface area contributed by atoms with Gasteiger partial charge in [-0.25, -0.2) is 4.98 Å². The summed E-state index contributed by atoms with van der Waals surface area (Å²) in [7, 11) is 0. The standard InChI is InChI=1S/C13H15ClN4S/c1-3-7-18(13-16-9-19-17-13)8-15-12-6-4-5-11(14)10(12)2/h3-6,9,15H,1,7-8H2,2H3. The SMILES string of the molecule is C=CCN(CNc1cccc(Cl)c1C)c1ncsn1. The summed E-state index contributed by atoms with van der Waals surface area (Å²) in [6.45, 7) is 7.03. The van der Waals surface area contributed by atoms with Gasteiger partial charge >= 0.3 is 0 Å². The molecule has 1 aromatic carbocycles. The Hall–Kier alpha value is -1.59. The van der Waals surface area contributed by atoms with Crippen molar-refractivity contribution in [1.29, 1.82) is 0 Å². The van der Waals surface area contributed by atoms with E-state index in [2.05, 4.69) is 21.3 Å². The third kappa shape index (κ3) is 3.45. The van der Waals surface area contributed by atoms with Gasteiger partial charge in [0.25, 0.3) is 0 Å². The molecule has 0 saturated heterocycles. The van der Waals surface area contributed by atoms with Gasteiger partial charge in [0.2, 0.25) is 5.95 Å². The molecule has 0 unspecified atom stereocenters. The molecule has 0 bridgehead atoms. The number of hydrogen-bond acceptors (Lipinski definition) is 5. The Labute approximate surface area is 121 Å². The Morgan fingerprint density at radius 2 is 2.37 bits per heavy atom. The Balaban J connectivity index is 2.07. The molecule has 0 radical (unpaired) electrons. The van der Waals surface area contributed by atoms with E-state index in [0.717, 1.165) is 16.3 Å². The van der Waals surface area contributed by atoms with Crippen LogP contribution in [-0.4, -0.2) is 22.6 Å². The summed E-state index contributed by atoms with van der Waals surface area (Å²) < 4.78 is 4.23. The van der Waals surface area contributed by atoms with Crippen molar-refractivity contribution in [3.05, 3.63) is 47.0 Å². The Kier molecular flexibility index (Phi) is 4.76. The number of nitrogens with zero attached hydrogens (tertiary/aromatic N) is 3. The highest BCUT2D eigenvalue weighted by Gasteiger charge is 2.09. The zero-order valence-corrected chi connectivity index (χ0v) is 12.2. The van der Waals surface area contributed by atoms with Crippen LogP contribution in [0.2, 0.25) is 5.02 Å². The fourth-order valence-electron chi connectivity index (χ4n) is 1.66. The van der Waals surface area contributed by atoms with Gasteiger partial charge < -0.3 is 10.2 Å². The van der Waals surface area contributed by atoms with Crippen LogP contribution in [0.15, 0.2) is 36.4 Å². The van der Waals surface area contributed by atoms with Crippen LogP contribution in [0, 0.1) is 6.92 Å². The van der Waals surface area contributed by atoms with E-state index in [1.54, 1.807) is 5.51 Å². The molecule has 0 amide bonds. The van der Waals surface area contributed by atoms with Gasteiger partial charge in [-0.15, -0.1) is 6.58 Å². The molecule has 0 aliphatic carbocycles. The molecular formula is C13H15ClN4S. The summed E-state index contributed by atoms with van der Waals surface area (Å²) in [6.07, 6.45) is 1.83. The molecule has 0 aliphatic rings. The molecular weight excluding hydrogens is 280 g/mol. The van der Waals surface area contributed by atoms with Crippen LogP contribution >= 0.6 is 23.1 Å². The number of nitrogens with one attached hydrogen (secondary N) is 1. The van der Waals surface area contributed by atoms with Crippen molar-refractivity contribution in [2.45, 2.75) is 6.92 Å². The van der Waals surface area contributed by atoms with Crippen molar-refractivity contribution in [2.75, 3.05) is 23.4 Å². The molecule has 0 aliphatic heterocycles. The maximum atomic E-state index is 6.10. The quantitative estimate of drug-likeness (QED) is 0.653. The largest absolute Gasteiger partial charge is 0.367 e. The summed E-state index contributed by atoms with van der Waals surface area (Å²) in [5.41, 5.74) is 3.77. The van der Waals surface area contributed by atoms with Crippen LogP contribution in [0.3, 0.4) is 0 Å². The molecule has 1 N–H and O–H groups in total. The highest BCUT2D eigenvalue weighted by molar-refractivity contribution is 7.03. The molecule has 0 fully saturated rings. The summed E-state index contributed by atoms with van der Waals surface area (Å²) in [5.74, 6) is 0.706. The molecule has 6 heteroatoms. The van der Waals surface area contributed by atoms with Crippen molar-refractivity contribution in [1.82, 2.24) is 9.36 Å². The van der Waals surface area contributed by atoms with Gasteiger partial charge in [-0.3, -0.25) is 0 Å². The maximum Gasteiger partial charge on any atom is 0.238 e. The lowest BCUT2D eigenvalue weighted by Gasteiger charge is -2.21. The van der Waals surface area contributed by atoms with Gasteiger partial charge in [0.05, 0.1) is 6.67 Å². The number of anilines is 2. The van der Waals surface area contributed by atoms with Gasteiger partial charge in [0.1, 0.15) is 5.51 Å². The lowest BCUT2D eigenvalue weighted by Crippen LogP contribution is -2.30. The van der Waals surface area contributed by atoms with Gasteiger partial charge in [-0.05, 0) is 36.2 Å². The number of aromatic nitrogens is 2. The average molecular weight is 295 g/mol.